The fraction of sp³-hybridized carbons (Fsp3) is 0.476. The van der Waals surface area contributed by atoms with Gasteiger partial charge >= 0.3 is 0 Å². The topological polar surface area (TPSA) is 42.0 Å². The van der Waals surface area contributed by atoms with E-state index in [-0.39, 0.29) is 12.0 Å². The number of nitrogens with zero attached hydrogens (tertiary/aromatic N) is 2. The molecule has 26 heavy (non-hydrogen) atoms. The summed E-state index contributed by atoms with van der Waals surface area (Å²) in [5.41, 5.74) is 1.13. The van der Waals surface area contributed by atoms with Crippen molar-refractivity contribution in [1.29, 1.82) is 0 Å². The zero-order chi connectivity index (χ0) is 17.9. The predicted molar refractivity (Wildman–Crippen MR) is 101 cm³/mol. The first kappa shape index (κ1) is 17.3. The highest BCUT2D eigenvalue weighted by atomic mass is 16.5. The number of amides is 1. The van der Waals surface area contributed by atoms with E-state index in [1.54, 1.807) is 7.11 Å². The summed E-state index contributed by atoms with van der Waals surface area (Å²) in [7, 11) is 1.68. The summed E-state index contributed by atoms with van der Waals surface area (Å²) in [6.45, 7) is 4.56. The summed E-state index contributed by atoms with van der Waals surface area (Å²) in [6, 6.07) is 12.4. The van der Waals surface area contributed by atoms with E-state index in [2.05, 4.69) is 29.2 Å². The zero-order valence-corrected chi connectivity index (χ0v) is 15.3. The number of benzene rings is 2. The lowest BCUT2D eigenvalue weighted by Crippen LogP contribution is -2.46. The van der Waals surface area contributed by atoms with Gasteiger partial charge in [0, 0.05) is 6.54 Å². The molecule has 2 heterocycles. The minimum absolute atomic E-state index is 0.0576. The molecule has 5 heteroatoms. The van der Waals surface area contributed by atoms with Crippen LogP contribution in [0.1, 0.15) is 24.5 Å². The largest absolute Gasteiger partial charge is 0.497 e. The van der Waals surface area contributed by atoms with Crippen LogP contribution in [0.2, 0.25) is 0 Å². The van der Waals surface area contributed by atoms with Crippen molar-refractivity contribution in [3.8, 4) is 5.75 Å². The fourth-order valence-corrected chi connectivity index (χ4v) is 3.88. The summed E-state index contributed by atoms with van der Waals surface area (Å²) >= 11 is 0. The van der Waals surface area contributed by atoms with Gasteiger partial charge in [0.2, 0.25) is 5.91 Å². The molecule has 4 rings (SSSR count). The van der Waals surface area contributed by atoms with Crippen molar-refractivity contribution in [1.82, 2.24) is 9.80 Å². The van der Waals surface area contributed by atoms with Gasteiger partial charge in [0.05, 0.1) is 26.8 Å². The number of likely N-dealkylation sites (tertiary alicyclic amines) is 1. The minimum atomic E-state index is -0.0576. The van der Waals surface area contributed by atoms with Gasteiger partial charge in [-0.25, -0.2) is 0 Å². The van der Waals surface area contributed by atoms with Gasteiger partial charge in [0.15, 0.2) is 0 Å². The Hall–Kier alpha value is -2.11. The lowest BCUT2D eigenvalue weighted by atomic mass is 10.0. The van der Waals surface area contributed by atoms with Gasteiger partial charge in [-0.05, 0) is 60.5 Å². The third-order valence-electron chi connectivity index (χ3n) is 5.42. The molecule has 2 aromatic carbocycles. The van der Waals surface area contributed by atoms with Gasteiger partial charge in [-0.15, -0.1) is 0 Å². The summed E-state index contributed by atoms with van der Waals surface area (Å²) in [4.78, 5) is 16.9. The van der Waals surface area contributed by atoms with Crippen molar-refractivity contribution in [2.24, 2.45) is 0 Å². The van der Waals surface area contributed by atoms with Crippen LogP contribution in [-0.2, 0) is 9.53 Å². The molecular weight excluding hydrogens is 328 g/mol. The van der Waals surface area contributed by atoms with E-state index in [1.165, 1.54) is 12.8 Å². The second-order valence-electron chi connectivity index (χ2n) is 7.15. The monoisotopic (exact) mass is 354 g/mol. The van der Waals surface area contributed by atoms with Crippen LogP contribution in [-0.4, -0.2) is 62.1 Å². The standard InChI is InChI=1S/C21H26N2O3/c1-25-19-7-6-16-12-18(5-4-17(16)13-19)20-14-23(10-11-26-20)21(24)15-22-8-2-3-9-22/h4-7,12-13,20H,2-3,8-11,14-15H2,1H3/t20-/m1/s1. The normalized spacial score (nSPS) is 21.3. The van der Waals surface area contributed by atoms with Gasteiger partial charge < -0.3 is 14.4 Å². The van der Waals surface area contributed by atoms with E-state index in [0.717, 1.165) is 35.2 Å². The van der Waals surface area contributed by atoms with Crippen molar-refractivity contribution < 1.29 is 14.3 Å². The summed E-state index contributed by atoms with van der Waals surface area (Å²) < 4.78 is 11.3. The van der Waals surface area contributed by atoms with Crippen LogP contribution >= 0.6 is 0 Å². The molecular formula is C21H26N2O3. The van der Waals surface area contributed by atoms with E-state index >= 15 is 0 Å². The zero-order valence-electron chi connectivity index (χ0n) is 15.3. The average Bonchev–Trinajstić information content (AvgIpc) is 3.20. The van der Waals surface area contributed by atoms with Crippen LogP contribution in [0.3, 0.4) is 0 Å². The Morgan fingerprint density at radius 3 is 2.69 bits per heavy atom. The molecule has 0 N–H and O–H groups in total. The van der Waals surface area contributed by atoms with E-state index in [0.29, 0.717) is 26.2 Å². The number of methoxy groups -OCH3 is 1. The third-order valence-corrected chi connectivity index (χ3v) is 5.42. The maximum absolute atomic E-state index is 12.6. The Morgan fingerprint density at radius 1 is 1.12 bits per heavy atom. The Kier molecular flexibility index (Phi) is 5.09. The van der Waals surface area contributed by atoms with Gasteiger partial charge in [-0.3, -0.25) is 9.69 Å². The lowest BCUT2D eigenvalue weighted by molar-refractivity contribution is -0.140. The van der Waals surface area contributed by atoms with E-state index in [1.807, 2.05) is 17.0 Å². The quantitative estimate of drug-likeness (QED) is 0.847. The van der Waals surface area contributed by atoms with Crippen molar-refractivity contribution in [3.05, 3.63) is 42.0 Å². The number of morpholine rings is 1. The average molecular weight is 354 g/mol. The molecule has 0 radical (unpaired) electrons. The molecule has 0 aromatic heterocycles. The first-order valence-corrected chi connectivity index (χ1v) is 9.42. The molecule has 2 aromatic rings. The Bertz CT molecular complexity index is 786. The van der Waals surface area contributed by atoms with Gasteiger partial charge in [0.1, 0.15) is 11.9 Å². The second-order valence-corrected chi connectivity index (χ2v) is 7.15. The van der Waals surface area contributed by atoms with Crippen LogP contribution in [0.25, 0.3) is 10.8 Å². The summed E-state index contributed by atoms with van der Waals surface area (Å²) in [5.74, 6) is 1.09. The Morgan fingerprint density at radius 2 is 1.88 bits per heavy atom. The number of ether oxygens (including phenoxy) is 2. The van der Waals surface area contributed by atoms with Crippen LogP contribution in [0.15, 0.2) is 36.4 Å². The molecule has 0 saturated carbocycles. The van der Waals surface area contributed by atoms with Crippen molar-refractivity contribution in [2.75, 3.05) is 46.4 Å². The molecule has 0 spiro atoms. The number of hydrogen-bond donors (Lipinski definition) is 0. The molecule has 0 bridgehead atoms. The first-order chi connectivity index (χ1) is 12.7. The molecule has 5 nitrogen and oxygen atoms in total. The van der Waals surface area contributed by atoms with E-state index in [9.17, 15) is 4.79 Å². The molecule has 1 amide bonds. The summed E-state index contributed by atoms with van der Waals surface area (Å²) in [6.07, 6.45) is 2.36. The molecule has 0 aliphatic carbocycles. The smallest absolute Gasteiger partial charge is 0.236 e. The highest BCUT2D eigenvalue weighted by Gasteiger charge is 2.27. The molecule has 2 saturated heterocycles. The Labute approximate surface area is 154 Å². The summed E-state index contributed by atoms with van der Waals surface area (Å²) in [5, 5.41) is 2.30. The number of carbonyl (C=O) groups is 1. The fourth-order valence-electron chi connectivity index (χ4n) is 3.88. The van der Waals surface area contributed by atoms with E-state index < -0.39 is 0 Å². The van der Waals surface area contributed by atoms with Crippen molar-refractivity contribution in [3.63, 3.8) is 0 Å². The van der Waals surface area contributed by atoms with Gasteiger partial charge in [-0.2, -0.15) is 0 Å². The lowest BCUT2D eigenvalue weighted by Gasteiger charge is -2.34. The number of fused-ring (bicyclic) bond motifs is 1. The van der Waals surface area contributed by atoms with Gasteiger partial charge in [-0.1, -0.05) is 18.2 Å². The van der Waals surface area contributed by atoms with E-state index in [4.69, 9.17) is 9.47 Å². The molecule has 1 atom stereocenters. The highest BCUT2D eigenvalue weighted by Crippen LogP contribution is 2.28. The molecule has 138 valence electrons. The van der Waals surface area contributed by atoms with Crippen molar-refractivity contribution in [2.45, 2.75) is 18.9 Å². The predicted octanol–water partition coefficient (Wildman–Crippen LogP) is 2.84. The number of hydrogen-bond acceptors (Lipinski definition) is 4. The maximum atomic E-state index is 12.6. The van der Waals surface area contributed by atoms with Crippen LogP contribution in [0.4, 0.5) is 0 Å². The van der Waals surface area contributed by atoms with Crippen LogP contribution < -0.4 is 4.74 Å². The van der Waals surface area contributed by atoms with Crippen LogP contribution in [0, 0.1) is 0 Å². The van der Waals surface area contributed by atoms with Crippen LogP contribution in [0.5, 0.6) is 5.75 Å². The number of carbonyl (C=O) groups excluding carboxylic acids is 1. The minimum Gasteiger partial charge on any atom is -0.497 e. The molecule has 2 aliphatic heterocycles. The first-order valence-electron chi connectivity index (χ1n) is 9.42. The van der Waals surface area contributed by atoms with Gasteiger partial charge in [0.25, 0.3) is 0 Å². The number of rotatable bonds is 4. The maximum Gasteiger partial charge on any atom is 0.236 e. The molecule has 2 fully saturated rings. The SMILES string of the molecule is COc1ccc2cc([C@H]3CN(C(=O)CN4CCCC4)CCO3)ccc2c1. The van der Waals surface area contributed by atoms with Crippen molar-refractivity contribution >= 4 is 16.7 Å². The molecule has 2 aliphatic rings. The Balaban J connectivity index is 1.46. The second kappa shape index (κ2) is 7.64. The highest BCUT2D eigenvalue weighted by molar-refractivity contribution is 5.84. The third kappa shape index (κ3) is 3.69. The molecule has 0 unspecified atom stereocenters.